The van der Waals surface area contributed by atoms with Gasteiger partial charge < -0.3 is 10.2 Å². The maximum absolute atomic E-state index is 13.2. The van der Waals surface area contributed by atoms with Crippen molar-refractivity contribution in [1.29, 1.82) is 0 Å². The highest BCUT2D eigenvalue weighted by Crippen LogP contribution is 2.17. The van der Waals surface area contributed by atoms with Gasteiger partial charge in [-0.3, -0.25) is 9.59 Å². The third-order valence-corrected chi connectivity index (χ3v) is 5.19. The van der Waals surface area contributed by atoms with Gasteiger partial charge in [-0.2, -0.15) is 0 Å². The topological polar surface area (TPSA) is 49.4 Å². The first-order valence-corrected chi connectivity index (χ1v) is 10.1. The Kier molecular flexibility index (Phi) is 8.24. The Morgan fingerprint density at radius 2 is 1.61 bits per heavy atom. The Bertz CT molecular complexity index is 773. The van der Waals surface area contributed by atoms with E-state index in [4.69, 9.17) is 0 Å². The van der Waals surface area contributed by atoms with Crippen LogP contribution < -0.4 is 5.32 Å². The van der Waals surface area contributed by atoms with Crippen molar-refractivity contribution in [3.05, 3.63) is 71.3 Å². The van der Waals surface area contributed by atoms with Crippen LogP contribution in [0.3, 0.4) is 0 Å². The fourth-order valence-corrected chi connectivity index (χ4v) is 3.20. The highest BCUT2D eigenvalue weighted by atomic mass is 16.2. The molecular weight excluding hydrogens is 348 g/mol. The number of carbonyl (C=O) groups is 2. The molecule has 0 fully saturated rings. The largest absolute Gasteiger partial charge is 0.352 e. The zero-order chi connectivity index (χ0) is 20.5. The van der Waals surface area contributed by atoms with Gasteiger partial charge >= 0.3 is 0 Å². The molecule has 0 spiro atoms. The Balaban J connectivity index is 2.29. The summed E-state index contributed by atoms with van der Waals surface area (Å²) in [7, 11) is 0. The summed E-state index contributed by atoms with van der Waals surface area (Å²) in [4.78, 5) is 27.9. The van der Waals surface area contributed by atoms with Crippen molar-refractivity contribution < 1.29 is 9.59 Å². The summed E-state index contributed by atoms with van der Waals surface area (Å²) in [6, 6.07) is 17.3. The van der Waals surface area contributed by atoms with E-state index in [0.29, 0.717) is 19.4 Å². The van der Waals surface area contributed by atoms with E-state index in [1.54, 1.807) is 4.90 Å². The Morgan fingerprint density at radius 3 is 2.21 bits per heavy atom. The Morgan fingerprint density at radius 1 is 0.964 bits per heavy atom. The second-order valence-electron chi connectivity index (χ2n) is 7.35. The monoisotopic (exact) mass is 380 g/mol. The first-order chi connectivity index (χ1) is 13.5. The van der Waals surface area contributed by atoms with Crippen LogP contribution in [0.2, 0.25) is 0 Å². The third-order valence-electron chi connectivity index (χ3n) is 5.19. The molecule has 2 amide bonds. The minimum atomic E-state index is -0.482. The van der Waals surface area contributed by atoms with E-state index in [9.17, 15) is 9.59 Å². The van der Waals surface area contributed by atoms with Gasteiger partial charge in [0, 0.05) is 12.6 Å². The molecule has 4 heteroatoms. The van der Waals surface area contributed by atoms with Crippen LogP contribution in [0.15, 0.2) is 54.6 Å². The first kappa shape index (κ1) is 21.7. The number of amides is 2. The van der Waals surface area contributed by atoms with Gasteiger partial charge in [-0.25, -0.2) is 0 Å². The molecule has 0 saturated heterocycles. The van der Waals surface area contributed by atoms with Crippen LogP contribution >= 0.6 is 0 Å². The van der Waals surface area contributed by atoms with E-state index in [1.807, 2.05) is 82.3 Å². The molecule has 2 aromatic rings. The summed E-state index contributed by atoms with van der Waals surface area (Å²) >= 11 is 0. The molecule has 2 rings (SSSR count). The SMILES string of the molecule is CC[C@@H](C)NC(=O)[C@H](CC)N(Cc1ccccc1C)C(=O)Cc1ccccc1. The number of hydrogen-bond acceptors (Lipinski definition) is 2. The fraction of sp³-hybridized carbons (Fsp3) is 0.417. The zero-order valence-corrected chi connectivity index (χ0v) is 17.4. The summed E-state index contributed by atoms with van der Waals surface area (Å²) in [5, 5.41) is 3.05. The molecule has 0 aromatic heterocycles. The van der Waals surface area contributed by atoms with Gasteiger partial charge in [-0.1, -0.05) is 68.4 Å². The Labute approximate surface area is 169 Å². The van der Waals surface area contributed by atoms with Crippen molar-refractivity contribution in [2.45, 2.75) is 65.6 Å². The van der Waals surface area contributed by atoms with Crippen LogP contribution in [-0.4, -0.2) is 28.8 Å². The van der Waals surface area contributed by atoms with Crippen molar-refractivity contribution in [1.82, 2.24) is 10.2 Å². The molecular formula is C24H32N2O2. The summed E-state index contributed by atoms with van der Waals surface area (Å²) in [6.45, 7) is 8.46. The van der Waals surface area contributed by atoms with E-state index in [1.165, 1.54) is 0 Å². The quantitative estimate of drug-likeness (QED) is 0.707. The van der Waals surface area contributed by atoms with Gasteiger partial charge in [0.15, 0.2) is 0 Å². The number of hydrogen-bond donors (Lipinski definition) is 1. The van der Waals surface area contributed by atoms with Crippen molar-refractivity contribution in [2.24, 2.45) is 0 Å². The second-order valence-corrected chi connectivity index (χ2v) is 7.35. The number of carbonyl (C=O) groups excluding carboxylic acids is 2. The molecule has 4 nitrogen and oxygen atoms in total. The van der Waals surface area contributed by atoms with E-state index >= 15 is 0 Å². The average molecular weight is 381 g/mol. The number of nitrogens with one attached hydrogen (secondary N) is 1. The lowest BCUT2D eigenvalue weighted by molar-refractivity contribution is -0.141. The number of rotatable bonds is 9. The van der Waals surface area contributed by atoms with Gasteiger partial charge in [0.25, 0.3) is 0 Å². The zero-order valence-electron chi connectivity index (χ0n) is 17.4. The molecule has 0 aliphatic heterocycles. The lowest BCUT2D eigenvalue weighted by atomic mass is 10.0. The van der Waals surface area contributed by atoms with Crippen LogP contribution in [0, 0.1) is 6.92 Å². The van der Waals surface area contributed by atoms with Gasteiger partial charge in [-0.05, 0) is 43.4 Å². The third kappa shape index (κ3) is 5.95. The predicted molar refractivity (Wildman–Crippen MR) is 114 cm³/mol. The van der Waals surface area contributed by atoms with Crippen molar-refractivity contribution >= 4 is 11.8 Å². The minimum Gasteiger partial charge on any atom is -0.352 e. The molecule has 0 radical (unpaired) electrons. The van der Waals surface area contributed by atoms with E-state index in [2.05, 4.69) is 5.32 Å². The standard InChI is InChI=1S/C24H32N2O2/c1-5-19(4)25-24(28)22(6-2)26(17-21-15-11-10-12-18(21)3)23(27)16-20-13-8-7-9-14-20/h7-15,19,22H,5-6,16-17H2,1-4H3,(H,25,28)/t19-,22+/m1/s1. The molecule has 0 aliphatic rings. The van der Waals surface area contributed by atoms with E-state index in [0.717, 1.165) is 23.1 Å². The molecule has 0 saturated carbocycles. The molecule has 0 unspecified atom stereocenters. The minimum absolute atomic E-state index is 0.0272. The summed E-state index contributed by atoms with van der Waals surface area (Å²) in [5.41, 5.74) is 3.15. The fourth-order valence-electron chi connectivity index (χ4n) is 3.20. The predicted octanol–water partition coefficient (Wildman–Crippen LogP) is 4.26. The highest BCUT2D eigenvalue weighted by Gasteiger charge is 2.29. The molecule has 0 bridgehead atoms. The van der Waals surface area contributed by atoms with Crippen LogP contribution in [0.4, 0.5) is 0 Å². The number of aryl methyl sites for hydroxylation is 1. The molecule has 1 N–H and O–H groups in total. The van der Waals surface area contributed by atoms with Crippen LogP contribution in [0.1, 0.15) is 50.3 Å². The van der Waals surface area contributed by atoms with Crippen LogP contribution in [-0.2, 0) is 22.6 Å². The lowest BCUT2D eigenvalue weighted by Gasteiger charge is -2.32. The summed E-state index contributed by atoms with van der Waals surface area (Å²) in [6.07, 6.45) is 1.73. The highest BCUT2D eigenvalue weighted by molar-refractivity contribution is 5.88. The lowest BCUT2D eigenvalue weighted by Crippen LogP contribution is -2.51. The maximum Gasteiger partial charge on any atom is 0.243 e. The van der Waals surface area contributed by atoms with E-state index in [-0.39, 0.29) is 17.9 Å². The summed E-state index contributed by atoms with van der Waals surface area (Å²) < 4.78 is 0. The number of nitrogens with zero attached hydrogens (tertiary/aromatic N) is 1. The molecule has 28 heavy (non-hydrogen) atoms. The van der Waals surface area contributed by atoms with Gasteiger partial charge in [0.05, 0.1) is 6.42 Å². The van der Waals surface area contributed by atoms with Gasteiger partial charge in [0.2, 0.25) is 11.8 Å². The van der Waals surface area contributed by atoms with Crippen molar-refractivity contribution in [3.63, 3.8) is 0 Å². The first-order valence-electron chi connectivity index (χ1n) is 10.1. The second kappa shape index (κ2) is 10.6. The van der Waals surface area contributed by atoms with Crippen molar-refractivity contribution in [3.8, 4) is 0 Å². The van der Waals surface area contributed by atoms with Crippen LogP contribution in [0.25, 0.3) is 0 Å². The normalized spacial score (nSPS) is 12.9. The Hall–Kier alpha value is -2.62. The average Bonchev–Trinajstić information content (AvgIpc) is 2.69. The molecule has 150 valence electrons. The summed E-state index contributed by atoms with van der Waals surface area (Å²) in [5.74, 6) is -0.104. The van der Waals surface area contributed by atoms with Crippen molar-refractivity contribution in [2.75, 3.05) is 0 Å². The smallest absolute Gasteiger partial charge is 0.243 e. The molecule has 2 atom stereocenters. The maximum atomic E-state index is 13.2. The number of benzene rings is 2. The molecule has 0 aliphatic carbocycles. The van der Waals surface area contributed by atoms with Gasteiger partial charge in [-0.15, -0.1) is 0 Å². The van der Waals surface area contributed by atoms with Gasteiger partial charge in [0.1, 0.15) is 6.04 Å². The van der Waals surface area contributed by atoms with E-state index < -0.39 is 6.04 Å². The molecule has 2 aromatic carbocycles. The molecule has 0 heterocycles. The van der Waals surface area contributed by atoms with Crippen LogP contribution in [0.5, 0.6) is 0 Å².